The quantitative estimate of drug-likeness (QED) is 0.628. The van der Waals surface area contributed by atoms with Gasteiger partial charge in [0, 0.05) is 31.7 Å². The Bertz CT molecular complexity index is 549. The Morgan fingerprint density at radius 1 is 1.12 bits per heavy atom. The van der Waals surface area contributed by atoms with Crippen LogP contribution >= 0.6 is 0 Å². The lowest BCUT2D eigenvalue weighted by molar-refractivity contribution is -0.0250. The number of nitrogens with zero attached hydrogens (tertiary/aromatic N) is 1. The third-order valence-corrected chi connectivity index (χ3v) is 5.37. The molecule has 1 saturated heterocycles. The molecule has 1 aliphatic carbocycles. The molecule has 0 spiro atoms. The number of hydrogen-bond acceptors (Lipinski definition) is 2. The molecule has 1 aliphatic heterocycles. The standard InChI is InChI=1S/C21H33N3O/c1-3-22-21(24-19-8-4-5-9-19)23-15-18-7-6-14-25-20(18)17-12-10-16(2)11-13-17/h10-13,18-20H,3-9,14-15H2,1-2H3,(H2,22,23,24). The minimum Gasteiger partial charge on any atom is -0.373 e. The highest BCUT2D eigenvalue weighted by Crippen LogP contribution is 2.34. The summed E-state index contributed by atoms with van der Waals surface area (Å²) in [5, 5.41) is 7.03. The van der Waals surface area contributed by atoms with E-state index < -0.39 is 0 Å². The second kappa shape index (κ2) is 9.23. The van der Waals surface area contributed by atoms with Crippen molar-refractivity contribution in [2.75, 3.05) is 19.7 Å². The van der Waals surface area contributed by atoms with E-state index >= 15 is 0 Å². The predicted molar refractivity (Wildman–Crippen MR) is 104 cm³/mol. The van der Waals surface area contributed by atoms with Crippen LogP contribution in [0.15, 0.2) is 29.3 Å². The lowest BCUT2D eigenvalue weighted by atomic mass is 9.89. The molecular weight excluding hydrogens is 310 g/mol. The molecule has 2 unspecified atom stereocenters. The Morgan fingerprint density at radius 3 is 2.60 bits per heavy atom. The van der Waals surface area contributed by atoms with E-state index in [0.29, 0.717) is 12.0 Å². The molecule has 0 amide bonds. The fourth-order valence-electron chi connectivity index (χ4n) is 3.95. The largest absolute Gasteiger partial charge is 0.373 e. The van der Waals surface area contributed by atoms with E-state index in [1.54, 1.807) is 0 Å². The molecule has 2 atom stereocenters. The van der Waals surface area contributed by atoms with Gasteiger partial charge in [0.05, 0.1) is 6.10 Å². The van der Waals surface area contributed by atoms with Gasteiger partial charge in [0.25, 0.3) is 0 Å². The first-order valence-corrected chi connectivity index (χ1v) is 9.99. The summed E-state index contributed by atoms with van der Waals surface area (Å²) in [7, 11) is 0. The first kappa shape index (κ1) is 18.2. The number of hydrogen-bond donors (Lipinski definition) is 2. The molecule has 2 N–H and O–H groups in total. The van der Waals surface area contributed by atoms with Gasteiger partial charge in [-0.3, -0.25) is 4.99 Å². The van der Waals surface area contributed by atoms with Gasteiger partial charge in [0.15, 0.2) is 5.96 Å². The molecule has 4 heteroatoms. The maximum atomic E-state index is 6.13. The molecular formula is C21H33N3O. The highest BCUT2D eigenvalue weighted by atomic mass is 16.5. The minimum absolute atomic E-state index is 0.174. The molecule has 138 valence electrons. The van der Waals surface area contributed by atoms with Crippen molar-refractivity contribution in [2.24, 2.45) is 10.9 Å². The van der Waals surface area contributed by atoms with Gasteiger partial charge in [-0.2, -0.15) is 0 Å². The van der Waals surface area contributed by atoms with E-state index in [1.807, 2.05) is 0 Å². The second-order valence-electron chi connectivity index (χ2n) is 7.45. The molecule has 0 radical (unpaired) electrons. The van der Waals surface area contributed by atoms with Crippen molar-refractivity contribution in [3.8, 4) is 0 Å². The smallest absolute Gasteiger partial charge is 0.191 e. The first-order chi connectivity index (χ1) is 12.3. The van der Waals surface area contributed by atoms with Crippen LogP contribution in [-0.2, 0) is 4.74 Å². The number of benzene rings is 1. The summed E-state index contributed by atoms with van der Waals surface area (Å²) in [5.74, 6) is 1.43. The summed E-state index contributed by atoms with van der Waals surface area (Å²) in [6.45, 7) is 6.84. The summed E-state index contributed by atoms with van der Waals surface area (Å²) in [6, 6.07) is 9.38. The van der Waals surface area contributed by atoms with Crippen LogP contribution < -0.4 is 10.6 Å². The summed E-state index contributed by atoms with van der Waals surface area (Å²) in [6.07, 6.45) is 7.70. The van der Waals surface area contributed by atoms with E-state index in [2.05, 4.69) is 48.7 Å². The lowest BCUT2D eigenvalue weighted by Gasteiger charge is -2.31. The fourth-order valence-corrected chi connectivity index (χ4v) is 3.95. The molecule has 1 saturated carbocycles. The van der Waals surface area contributed by atoms with Crippen LogP contribution in [0.4, 0.5) is 0 Å². The van der Waals surface area contributed by atoms with Gasteiger partial charge in [0.2, 0.25) is 0 Å². The molecule has 25 heavy (non-hydrogen) atoms. The zero-order valence-corrected chi connectivity index (χ0v) is 15.8. The zero-order valence-electron chi connectivity index (χ0n) is 15.8. The Hall–Kier alpha value is -1.55. The first-order valence-electron chi connectivity index (χ1n) is 9.99. The minimum atomic E-state index is 0.174. The maximum Gasteiger partial charge on any atom is 0.191 e. The number of nitrogens with one attached hydrogen (secondary N) is 2. The van der Waals surface area contributed by atoms with Gasteiger partial charge in [-0.05, 0) is 45.1 Å². The number of aliphatic imine (C=N–C) groups is 1. The second-order valence-corrected chi connectivity index (χ2v) is 7.45. The van der Waals surface area contributed by atoms with Gasteiger partial charge in [0.1, 0.15) is 0 Å². The molecule has 1 heterocycles. The molecule has 2 aliphatic rings. The summed E-state index contributed by atoms with van der Waals surface area (Å²) in [5.41, 5.74) is 2.59. The van der Waals surface area contributed by atoms with Gasteiger partial charge in [-0.1, -0.05) is 42.7 Å². The summed E-state index contributed by atoms with van der Waals surface area (Å²) < 4.78 is 6.13. The van der Waals surface area contributed by atoms with Crippen molar-refractivity contribution in [3.63, 3.8) is 0 Å². The fraction of sp³-hybridized carbons (Fsp3) is 0.667. The molecule has 0 bridgehead atoms. The Balaban J connectivity index is 1.65. The third-order valence-electron chi connectivity index (χ3n) is 5.37. The Morgan fingerprint density at radius 2 is 1.88 bits per heavy atom. The highest BCUT2D eigenvalue weighted by Gasteiger charge is 2.27. The monoisotopic (exact) mass is 343 g/mol. The average molecular weight is 344 g/mol. The van der Waals surface area contributed by atoms with E-state index in [9.17, 15) is 0 Å². The van der Waals surface area contributed by atoms with Crippen molar-refractivity contribution >= 4 is 5.96 Å². The van der Waals surface area contributed by atoms with Crippen molar-refractivity contribution in [1.82, 2.24) is 10.6 Å². The van der Waals surface area contributed by atoms with E-state index in [4.69, 9.17) is 9.73 Å². The Kier molecular flexibility index (Phi) is 6.74. The lowest BCUT2D eigenvalue weighted by Crippen LogP contribution is -2.42. The summed E-state index contributed by atoms with van der Waals surface area (Å²) in [4.78, 5) is 4.91. The van der Waals surface area contributed by atoms with Crippen LogP contribution in [-0.4, -0.2) is 31.7 Å². The normalized spacial score (nSPS) is 25.1. The highest BCUT2D eigenvalue weighted by molar-refractivity contribution is 5.80. The van der Waals surface area contributed by atoms with Crippen molar-refractivity contribution < 1.29 is 4.74 Å². The summed E-state index contributed by atoms with van der Waals surface area (Å²) >= 11 is 0. The van der Waals surface area contributed by atoms with Crippen LogP contribution in [0.5, 0.6) is 0 Å². The van der Waals surface area contributed by atoms with Crippen molar-refractivity contribution in [2.45, 2.75) is 64.5 Å². The third kappa shape index (κ3) is 5.21. The predicted octanol–water partition coefficient (Wildman–Crippen LogP) is 3.96. The SMILES string of the molecule is CCNC(=NCC1CCCOC1c1ccc(C)cc1)NC1CCCC1. The van der Waals surface area contributed by atoms with Crippen LogP contribution in [0.3, 0.4) is 0 Å². The van der Waals surface area contributed by atoms with Crippen LogP contribution in [0.2, 0.25) is 0 Å². The van der Waals surface area contributed by atoms with Crippen LogP contribution in [0, 0.1) is 12.8 Å². The number of aryl methyl sites for hydroxylation is 1. The average Bonchev–Trinajstić information content (AvgIpc) is 3.14. The van der Waals surface area contributed by atoms with Crippen LogP contribution in [0.25, 0.3) is 0 Å². The number of guanidine groups is 1. The van der Waals surface area contributed by atoms with Gasteiger partial charge in [-0.25, -0.2) is 0 Å². The molecule has 2 fully saturated rings. The topological polar surface area (TPSA) is 45.7 Å². The zero-order chi connectivity index (χ0) is 17.5. The Labute approximate surface area is 152 Å². The van der Waals surface area contributed by atoms with Gasteiger partial charge in [-0.15, -0.1) is 0 Å². The molecule has 1 aromatic carbocycles. The number of ether oxygens (including phenoxy) is 1. The molecule has 4 nitrogen and oxygen atoms in total. The molecule has 3 rings (SSSR count). The van der Waals surface area contributed by atoms with Gasteiger partial charge >= 0.3 is 0 Å². The van der Waals surface area contributed by atoms with Gasteiger partial charge < -0.3 is 15.4 Å². The van der Waals surface area contributed by atoms with Crippen molar-refractivity contribution in [3.05, 3.63) is 35.4 Å². The van der Waals surface area contributed by atoms with Crippen LogP contribution in [0.1, 0.15) is 62.7 Å². The van der Waals surface area contributed by atoms with E-state index in [1.165, 1.54) is 43.2 Å². The molecule has 0 aromatic heterocycles. The maximum absolute atomic E-state index is 6.13. The molecule has 1 aromatic rings. The van der Waals surface area contributed by atoms with E-state index in [-0.39, 0.29) is 6.10 Å². The van der Waals surface area contributed by atoms with E-state index in [0.717, 1.165) is 32.1 Å². The number of rotatable bonds is 5. The van der Waals surface area contributed by atoms with Crippen molar-refractivity contribution in [1.29, 1.82) is 0 Å².